The van der Waals surface area contributed by atoms with Gasteiger partial charge in [-0.15, -0.1) is 0 Å². The van der Waals surface area contributed by atoms with Crippen molar-refractivity contribution in [2.45, 2.75) is 20.0 Å². The zero-order valence-corrected chi connectivity index (χ0v) is 17.6. The van der Waals surface area contributed by atoms with E-state index in [0.29, 0.717) is 24.4 Å². The maximum atomic E-state index is 12.3. The lowest BCUT2D eigenvalue weighted by atomic mass is 10.2. The fourth-order valence-electron chi connectivity index (χ4n) is 2.90. The van der Waals surface area contributed by atoms with Crippen molar-refractivity contribution in [3.05, 3.63) is 90.0 Å². The number of carbonyl (C=O) groups excluding carboxylic acids is 2. The molecule has 0 spiro atoms. The van der Waals surface area contributed by atoms with Crippen LogP contribution in [-0.4, -0.2) is 24.9 Å². The minimum absolute atomic E-state index is 0.0917. The average Bonchev–Trinajstić information content (AvgIpc) is 2.81. The van der Waals surface area contributed by atoms with E-state index in [9.17, 15) is 9.59 Å². The summed E-state index contributed by atoms with van der Waals surface area (Å²) in [6.45, 7) is 3.18. The Labute approximate surface area is 182 Å². The van der Waals surface area contributed by atoms with Gasteiger partial charge in [-0.25, -0.2) is 0 Å². The molecule has 3 N–H and O–H groups in total. The van der Waals surface area contributed by atoms with Crippen LogP contribution in [0.3, 0.4) is 0 Å². The molecule has 2 amide bonds. The first kappa shape index (κ1) is 21.9. The van der Waals surface area contributed by atoms with Crippen LogP contribution in [0.4, 0.5) is 11.4 Å². The van der Waals surface area contributed by atoms with Crippen LogP contribution in [0.2, 0.25) is 0 Å². The predicted molar refractivity (Wildman–Crippen MR) is 123 cm³/mol. The van der Waals surface area contributed by atoms with Crippen LogP contribution in [0.5, 0.6) is 5.75 Å². The van der Waals surface area contributed by atoms with Crippen molar-refractivity contribution in [1.29, 1.82) is 0 Å². The lowest BCUT2D eigenvalue weighted by Gasteiger charge is -2.11. The highest BCUT2D eigenvalue weighted by Crippen LogP contribution is 2.18. The Balaban J connectivity index is 1.50. The van der Waals surface area contributed by atoms with Gasteiger partial charge in [-0.3, -0.25) is 9.59 Å². The molecule has 0 aliphatic heterocycles. The molecule has 0 heterocycles. The second-order valence-electron chi connectivity index (χ2n) is 7.04. The topological polar surface area (TPSA) is 79.5 Å². The first-order valence-corrected chi connectivity index (χ1v) is 10.3. The summed E-state index contributed by atoms with van der Waals surface area (Å²) in [6.07, 6.45) is 0.867. The van der Waals surface area contributed by atoms with Gasteiger partial charge in [-0.1, -0.05) is 49.4 Å². The number of hydrogen-bond acceptors (Lipinski definition) is 4. The molecule has 0 radical (unpaired) electrons. The van der Waals surface area contributed by atoms with Crippen molar-refractivity contribution in [2.24, 2.45) is 0 Å². The van der Waals surface area contributed by atoms with Crippen molar-refractivity contribution in [3.63, 3.8) is 0 Å². The summed E-state index contributed by atoms with van der Waals surface area (Å²) in [5, 5.41) is 8.74. The molecular weight excluding hydrogens is 390 g/mol. The summed E-state index contributed by atoms with van der Waals surface area (Å²) in [4.78, 5) is 24.4. The molecule has 0 bridgehead atoms. The molecule has 31 heavy (non-hydrogen) atoms. The largest absolute Gasteiger partial charge is 0.489 e. The molecule has 0 fully saturated rings. The lowest BCUT2D eigenvalue weighted by Crippen LogP contribution is -2.24. The van der Waals surface area contributed by atoms with Crippen LogP contribution >= 0.6 is 0 Å². The third kappa shape index (κ3) is 7.19. The van der Waals surface area contributed by atoms with Gasteiger partial charge in [0.15, 0.2) is 0 Å². The Hall–Kier alpha value is -3.80. The Morgan fingerprint density at radius 2 is 1.65 bits per heavy atom. The zero-order chi connectivity index (χ0) is 21.9. The molecule has 3 aromatic carbocycles. The summed E-state index contributed by atoms with van der Waals surface area (Å²) >= 11 is 0. The summed E-state index contributed by atoms with van der Waals surface area (Å²) in [5.41, 5.74) is 2.97. The SMILES string of the molecule is CCCNC(=O)c1cccc(NC(=O)CNc2cccc(OCc3ccccc3)c2)c1. The van der Waals surface area contributed by atoms with Crippen molar-refractivity contribution in [2.75, 3.05) is 23.7 Å². The normalized spacial score (nSPS) is 10.2. The highest BCUT2D eigenvalue weighted by molar-refractivity contribution is 5.98. The second kappa shape index (κ2) is 11.4. The molecule has 0 saturated carbocycles. The molecule has 0 aliphatic carbocycles. The first-order valence-electron chi connectivity index (χ1n) is 10.3. The average molecular weight is 418 g/mol. The molecule has 3 aromatic rings. The van der Waals surface area contributed by atoms with Crippen molar-refractivity contribution in [1.82, 2.24) is 5.32 Å². The molecule has 0 atom stereocenters. The number of amides is 2. The quantitative estimate of drug-likeness (QED) is 0.455. The molecule has 0 unspecified atom stereocenters. The molecule has 0 aromatic heterocycles. The van der Waals surface area contributed by atoms with Crippen LogP contribution in [0, 0.1) is 0 Å². The van der Waals surface area contributed by atoms with E-state index in [4.69, 9.17) is 4.74 Å². The number of ether oxygens (including phenoxy) is 1. The van der Waals surface area contributed by atoms with Gasteiger partial charge in [0.05, 0.1) is 6.54 Å². The number of benzene rings is 3. The fourth-order valence-corrected chi connectivity index (χ4v) is 2.90. The number of hydrogen-bond donors (Lipinski definition) is 3. The third-order valence-electron chi connectivity index (χ3n) is 4.48. The van der Waals surface area contributed by atoms with Crippen LogP contribution in [0.15, 0.2) is 78.9 Å². The van der Waals surface area contributed by atoms with Crippen molar-refractivity contribution in [3.8, 4) is 5.75 Å². The number of anilines is 2. The van der Waals surface area contributed by atoms with Gasteiger partial charge in [0.2, 0.25) is 5.91 Å². The number of carbonyl (C=O) groups is 2. The van der Waals surface area contributed by atoms with E-state index in [0.717, 1.165) is 23.4 Å². The molecule has 0 aliphatic rings. The van der Waals surface area contributed by atoms with Crippen LogP contribution in [0.25, 0.3) is 0 Å². The van der Waals surface area contributed by atoms with E-state index < -0.39 is 0 Å². The smallest absolute Gasteiger partial charge is 0.251 e. The van der Waals surface area contributed by atoms with E-state index in [1.165, 1.54) is 0 Å². The molecule has 6 nitrogen and oxygen atoms in total. The van der Waals surface area contributed by atoms with Gasteiger partial charge in [-0.05, 0) is 42.3 Å². The molecule has 0 saturated heterocycles. The standard InChI is InChI=1S/C25H27N3O3/c1-2-14-26-25(30)20-10-6-12-22(15-20)28-24(29)17-27-21-11-7-13-23(16-21)31-18-19-8-4-3-5-9-19/h3-13,15-16,27H,2,14,17-18H2,1H3,(H,26,30)(H,28,29). The summed E-state index contributed by atoms with van der Waals surface area (Å²) in [7, 11) is 0. The first-order chi connectivity index (χ1) is 15.1. The fraction of sp³-hybridized carbons (Fsp3) is 0.200. The third-order valence-corrected chi connectivity index (χ3v) is 4.48. The molecule has 160 valence electrons. The highest BCUT2D eigenvalue weighted by Gasteiger charge is 2.08. The van der Waals surface area contributed by atoms with Crippen LogP contribution in [-0.2, 0) is 11.4 Å². The van der Waals surface area contributed by atoms with E-state index >= 15 is 0 Å². The van der Waals surface area contributed by atoms with E-state index in [1.54, 1.807) is 24.3 Å². The Morgan fingerprint density at radius 1 is 0.871 bits per heavy atom. The van der Waals surface area contributed by atoms with Crippen molar-refractivity contribution >= 4 is 23.2 Å². The highest BCUT2D eigenvalue weighted by atomic mass is 16.5. The van der Waals surface area contributed by atoms with Gasteiger partial charge in [0, 0.05) is 29.5 Å². The Bertz CT molecular complexity index is 1010. The van der Waals surface area contributed by atoms with Gasteiger partial charge in [-0.2, -0.15) is 0 Å². The lowest BCUT2D eigenvalue weighted by molar-refractivity contribution is -0.114. The summed E-state index contributed by atoms with van der Waals surface area (Å²) in [5.74, 6) is 0.366. The zero-order valence-electron chi connectivity index (χ0n) is 17.6. The van der Waals surface area contributed by atoms with Crippen LogP contribution < -0.4 is 20.7 Å². The Kier molecular flexibility index (Phi) is 8.05. The van der Waals surface area contributed by atoms with E-state index in [-0.39, 0.29) is 18.4 Å². The van der Waals surface area contributed by atoms with E-state index in [2.05, 4.69) is 16.0 Å². The predicted octanol–water partition coefficient (Wildman–Crippen LogP) is 4.46. The minimum Gasteiger partial charge on any atom is -0.489 e. The molecule has 6 heteroatoms. The maximum absolute atomic E-state index is 12.3. The Morgan fingerprint density at radius 3 is 2.45 bits per heavy atom. The van der Waals surface area contributed by atoms with Gasteiger partial charge < -0.3 is 20.7 Å². The number of nitrogens with one attached hydrogen (secondary N) is 3. The summed E-state index contributed by atoms with van der Waals surface area (Å²) < 4.78 is 5.82. The van der Waals surface area contributed by atoms with Gasteiger partial charge in [0.25, 0.3) is 5.91 Å². The molecular formula is C25H27N3O3. The monoisotopic (exact) mass is 417 g/mol. The summed E-state index contributed by atoms with van der Waals surface area (Å²) in [6, 6.07) is 24.3. The minimum atomic E-state index is -0.207. The number of rotatable bonds is 10. The van der Waals surface area contributed by atoms with Gasteiger partial charge >= 0.3 is 0 Å². The van der Waals surface area contributed by atoms with E-state index in [1.807, 2.05) is 61.5 Å². The van der Waals surface area contributed by atoms with Gasteiger partial charge in [0.1, 0.15) is 12.4 Å². The molecule has 3 rings (SSSR count). The van der Waals surface area contributed by atoms with Crippen LogP contribution in [0.1, 0.15) is 29.3 Å². The second-order valence-corrected chi connectivity index (χ2v) is 7.04. The maximum Gasteiger partial charge on any atom is 0.251 e. The van der Waals surface area contributed by atoms with Crippen molar-refractivity contribution < 1.29 is 14.3 Å².